The fraction of sp³-hybridized carbons (Fsp3) is 0.200. The van der Waals surface area contributed by atoms with E-state index >= 15 is 0 Å². The highest BCUT2D eigenvalue weighted by Crippen LogP contribution is 2.33. The van der Waals surface area contributed by atoms with Crippen molar-refractivity contribution in [3.8, 4) is 16.9 Å². The van der Waals surface area contributed by atoms with Crippen LogP contribution >= 0.6 is 0 Å². The first kappa shape index (κ1) is 23.0. The smallest absolute Gasteiger partial charge is 0.129 e. The van der Waals surface area contributed by atoms with Crippen LogP contribution in [0.2, 0.25) is 0 Å². The molecule has 0 radical (unpaired) electrons. The minimum Gasteiger partial charge on any atom is -0.490 e. The number of fused-ring (bicyclic) bond motifs is 3. The molecule has 0 spiro atoms. The van der Waals surface area contributed by atoms with Gasteiger partial charge in [-0.25, -0.2) is 0 Å². The highest BCUT2D eigenvalue weighted by atomic mass is 16.5. The number of aromatic nitrogens is 1. The Bertz CT molecular complexity index is 1360. The van der Waals surface area contributed by atoms with Gasteiger partial charge in [-0.3, -0.25) is 0 Å². The first-order valence-corrected chi connectivity index (χ1v) is 12.2. The summed E-state index contributed by atoms with van der Waals surface area (Å²) in [7, 11) is 0. The topological polar surface area (TPSA) is 69.3 Å². The third-order valence-electron chi connectivity index (χ3n) is 6.15. The molecule has 5 nitrogen and oxygen atoms in total. The number of benzene rings is 4. The number of ether oxygens (including phenoxy) is 1. The lowest BCUT2D eigenvalue weighted by Gasteiger charge is -2.14. The summed E-state index contributed by atoms with van der Waals surface area (Å²) in [5.41, 5.74) is 5.68. The first-order valence-electron chi connectivity index (χ1n) is 12.2. The maximum Gasteiger partial charge on any atom is 0.129 e. The van der Waals surface area contributed by atoms with Crippen LogP contribution in [0.5, 0.6) is 5.75 Å². The highest BCUT2D eigenvalue weighted by molar-refractivity contribution is 6.10. The lowest BCUT2D eigenvalue weighted by Crippen LogP contribution is -2.32. The second-order valence-electron chi connectivity index (χ2n) is 8.74. The van der Waals surface area contributed by atoms with Crippen molar-refractivity contribution < 1.29 is 9.84 Å². The van der Waals surface area contributed by atoms with Crippen LogP contribution in [0, 0.1) is 0 Å². The van der Waals surface area contributed by atoms with Gasteiger partial charge in [0.1, 0.15) is 18.5 Å². The Kier molecular flexibility index (Phi) is 7.27. The molecule has 0 aliphatic rings. The molecule has 1 unspecified atom stereocenters. The van der Waals surface area contributed by atoms with Crippen molar-refractivity contribution in [1.82, 2.24) is 10.3 Å². The van der Waals surface area contributed by atoms with Crippen LogP contribution in [0.15, 0.2) is 97.1 Å². The van der Waals surface area contributed by atoms with Crippen LogP contribution < -0.4 is 15.4 Å². The number of aromatic amines is 1. The van der Waals surface area contributed by atoms with E-state index in [9.17, 15) is 5.11 Å². The van der Waals surface area contributed by atoms with Crippen LogP contribution in [-0.2, 0) is 0 Å². The monoisotopic (exact) mass is 465 g/mol. The number of hydrogen-bond acceptors (Lipinski definition) is 4. The average molecular weight is 466 g/mol. The first-order chi connectivity index (χ1) is 17.3. The molecular formula is C30H31N3O2. The second kappa shape index (κ2) is 11.1. The quantitative estimate of drug-likeness (QED) is 0.186. The minimum atomic E-state index is -0.575. The molecule has 1 atom stereocenters. The number of hydrogen-bond donors (Lipinski definition) is 4. The summed E-state index contributed by atoms with van der Waals surface area (Å²) in [6.45, 7) is 2.43. The van der Waals surface area contributed by atoms with Gasteiger partial charge >= 0.3 is 0 Å². The van der Waals surface area contributed by atoms with Crippen molar-refractivity contribution in [1.29, 1.82) is 0 Å². The zero-order chi connectivity index (χ0) is 23.9. The Morgan fingerprint density at radius 3 is 2.34 bits per heavy atom. The number of anilines is 1. The number of aliphatic hydroxyl groups is 1. The maximum absolute atomic E-state index is 10.4. The number of rotatable bonds is 11. The fourth-order valence-corrected chi connectivity index (χ4v) is 4.36. The number of para-hydroxylation sites is 1. The highest BCUT2D eigenvalue weighted by Gasteiger charge is 2.11. The van der Waals surface area contributed by atoms with E-state index in [4.69, 9.17) is 4.74 Å². The molecule has 0 fully saturated rings. The molecule has 4 N–H and O–H groups in total. The van der Waals surface area contributed by atoms with E-state index in [0.717, 1.165) is 52.8 Å². The predicted octanol–water partition coefficient (Wildman–Crippen LogP) is 5.82. The zero-order valence-corrected chi connectivity index (χ0v) is 19.7. The summed E-state index contributed by atoms with van der Waals surface area (Å²) >= 11 is 0. The van der Waals surface area contributed by atoms with Gasteiger partial charge in [0, 0.05) is 35.1 Å². The Hall–Kier alpha value is -3.80. The minimum absolute atomic E-state index is 0.248. The summed E-state index contributed by atoms with van der Waals surface area (Å²) in [6, 6.07) is 33.1. The molecule has 5 rings (SSSR count). The summed E-state index contributed by atoms with van der Waals surface area (Å²) < 4.78 is 6.00. The van der Waals surface area contributed by atoms with Gasteiger partial charge in [-0.15, -0.1) is 0 Å². The Morgan fingerprint density at radius 1 is 0.743 bits per heavy atom. The van der Waals surface area contributed by atoms with E-state index in [2.05, 4.69) is 76.3 Å². The normalized spacial score (nSPS) is 12.1. The molecule has 5 heteroatoms. The van der Waals surface area contributed by atoms with E-state index < -0.39 is 6.10 Å². The fourth-order valence-electron chi connectivity index (χ4n) is 4.36. The van der Waals surface area contributed by atoms with Gasteiger partial charge in [-0.05, 0) is 54.4 Å². The number of H-pyrrole nitrogens is 1. The van der Waals surface area contributed by atoms with Gasteiger partial charge in [0.25, 0.3) is 0 Å². The maximum atomic E-state index is 10.4. The van der Waals surface area contributed by atoms with Crippen molar-refractivity contribution in [2.75, 3.05) is 31.6 Å². The van der Waals surface area contributed by atoms with Gasteiger partial charge in [-0.1, -0.05) is 66.7 Å². The van der Waals surface area contributed by atoms with E-state index in [1.54, 1.807) is 0 Å². The predicted molar refractivity (Wildman–Crippen MR) is 145 cm³/mol. The molecule has 178 valence electrons. The van der Waals surface area contributed by atoms with Crippen LogP contribution in [0.25, 0.3) is 32.9 Å². The molecule has 0 bridgehead atoms. The Balaban J connectivity index is 1.02. The molecular weight excluding hydrogens is 434 g/mol. The molecule has 4 aromatic carbocycles. The molecule has 1 aromatic heterocycles. The lowest BCUT2D eigenvalue weighted by molar-refractivity contribution is 0.107. The largest absolute Gasteiger partial charge is 0.490 e. The number of nitrogens with one attached hydrogen (secondary N) is 3. The molecule has 0 amide bonds. The van der Waals surface area contributed by atoms with Crippen molar-refractivity contribution in [2.24, 2.45) is 0 Å². The van der Waals surface area contributed by atoms with Crippen molar-refractivity contribution in [3.05, 3.63) is 97.1 Å². The summed E-state index contributed by atoms with van der Waals surface area (Å²) in [6.07, 6.45) is 0.386. The van der Waals surface area contributed by atoms with Crippen LogP contribution in [0.1, 0.15) is 6.42 Å². The molecule has 0 aliphatic heterocycles. The summed E-state index contributed by atoms with van der Waals surface area (Å²) in [5, 5.41) is 19.4. The van der Waals surface area contributed by atoms with Crippen molar-refractivity contribution in [2.45, 2.75) is 12.5 Å². The molecule has 0 saturated carbocycles. The van der Waals surface area contributed by atoms with E-state index in [-0.39, 0.29) is 6.61 Å². The molecule has 35 heavy (non-hydrogen) atoms. The van der Waals surface area contributed by atoms with E-state index in [1.807, 2.05) is 36.4 Å². The molecule has 1 heterocycles. The van der Waals surface area contributed by atoms with Gasteiger partial charge in [0.15, 0.2) is 0 Å². The SMILES string of the molecule is OC(CNCCCNc1ccc(-c2ccccc2)cc1)COc1cccc2[nH]c3ccccc3c12. The van der Waals surface area contributed by atoms with Gasteiger partial charge < -0.3 is 25.5 Å². The summed E-state index contributed by atoms with van der Waals surface area (Å²) in [4.78, 5) is 3.42. The second-order valence-corrected chi connectivity index (χ2v) is 8.74. The summed E-state index contributed by atoms with van der Waals surface area (Å²) in [5.74, 6) is 0.793. The molecule has 0 aliphatic carbocycles. The van der Waals surface area contributed by atoms with Crippen molar-refractivity contribution in [3.63, 3.8) is 0 Å². The third-order valence-corrected chi connectivity index (χ3v) is 6.15. The zero-order valence-electron chi connectivity index (χ0n) is 19.7. The molecule has 0 saturated heterocycles. The van der Waals surface area contributed by atoms with Crippen LogP contribution in [-0.4, -0.2) is 42.4 Å². The third kappa shape index (κ3) is 5.65. The lowest BCUT2D eigenvalue weighted by atomic mass is 10.1. The Morgan fingerprint density at radius 2 is 1.49 bits per heavy atom. The Labute approximate surface area is 205 Å². The van der Waals surface area contributed by atoms with Gasteiger partial charge in [0.2, 0.25) is 0 Å². The average Bonchev–Trinajstić information content (AvgIpc) is 3.29. The van der Waals surface area contributed by atoms with E-state index in [0.29, 0.717) is 6.54 Å². The van der Waals surface area contributed by atoms with Gasteiger partial charge in [-0.2, -0.15) is 0 Å². The van der Waals surface area contributed by atoms with Crippen molar-refractivity contribution >= 4 is 27.5 Å². The van der Waals surface area contributed by atoms with E-state index in [1.165, 1.54) is 11.1 Å². The number of aliphatic hydroxyl groups excluding tert-OH is 1. The van der Waals surface area contributed by atoms with Crippen LogP contribution in [0.3, 0.4) is 0 Å². The van der Waals surface area contributed by atoms with Crippen LogP contribution in [0.4, 0.5) is 5.69 Å². The molecule has 5 aromatic rings. The standard InChI is InChI=1S/C30H31N3O2/c34-25(21-35-29-13-6-12-28-30(29)26-10-4-5-11-27(26)33-28)20-31-18-7-19-32-24-16-14-23(15-17-24)22-8-2-1-3-9-22/h1-6,8-17,25,31-34H,7,18-21H2. The van der Waals surface area contributed by atoms with Gasteiger partial charge in [0.05, 0.1) is 5.52 Å².